The minimum atomic E-state index is -3.35. The van der Waals surface area contributed by atoms with Gasteiger partial charge in [-0.15, -0.1) is 0 Å². The summed E-state index contributed by atoms with van der Waals surface area (Å²) in [6, 6.07) is 10.0. The first-order valence-electron chi connectivity index (χ1n) is 8.79. The number of sulfone groups is 1. The zero-order valence-corrected chi connectivity index (χ0v) is 17.1. The maximum atomic E-state index is 13.5. The van der Waals surface area contributed by atoms with E-state index < -0.39 is 15.9 Å². The lowest BCUT2D eigenvalue weighted by Crippen LogP contribution is -2.41. The molecule has 0 N–H and O–H groups in total. The molecule has 0 bridgehead atoms. The molecule has 1 aliphatic heterocycles. The summed E-state index contributed by atoms with van der Waals surface area (Å²) in [4.78, 5) is 15.0. The van der Waals surface area contributed by atoms with Crippen molar-refractivity contribution < 1.29 is 22.7 Å². The van der Waals surface area contributed by atoms with Gasteiger partial charge in [-0.1, -0.05) is 17.2 Å². The molecule has 0 aromatic heterocycles. The molecule has 0 aliphatic carbocycles. The highest BCUT2D eigenvalue weighted by Crippen LogP contribution is 2.36. The number of hydrogen-bond acceptors (Lipinski definition) is 5. The average Bonchev–Trinajstić information content (AvgIpc) is 3.00. The molecule has 6 nitrogen and oxygen atoms in total. The van der Waals surface area contributed by atoms with Gasteiger partial charge in [0.05, 0.1) is 31.7 Å². The summed E-state index contributed by atoms with van der Waals surface area (Å²) in [5.74, 6) is 0.546. The third kappa shape index (κ3) is 4.04. The molecule has 0 saturated carbocycles. The number of ether oxygens (including phenoxy) is 2. The van der Waals surface area contributed by atoms with Crippen molar-refractivity contribution in [3.05, 3.63) is 64.6 Å². The number of carbonyl (C=O) groups is 1. The molecule has 28 heavy (non-hydrogen) atoms. The van der Waals surface area contributed by atoms with Gasteiger partial charge in [0.2, 0.25) is 0 Å². The number of anilines is 1. The van der Waals surface area contributed by atoms with Crippen LogP contribution < -0.4 is 14.4 Å². The molecule has 0 saturated heterocycles. The second-order valence-electron chi connectivity index (χ2n) is 6.81. The first-order valence-corrected chi connectivity index (χ1v) is 10.5. The Morgan fingerprint density at radius 3 is 2.25 bits per heavy atom. The van der Waals surface area contributed by atoms with Crippen LogP contribution in [-0.4, -0.2) is 40.3 Å². The van der Waals surface area contributed by atoms with Gasteiger partial charge in [-0.05, 0) is 44.2 Å². The van der Waals surface area contributed by atoms with Crippen LogP contribution in [0.3, 0.4) is 0 Å². The van der Waals surface area contributed by atoms with Crippen molar-refractivity contribution in [3.8, 4) is 11.5 Å². The molecule has 1 unspecified atom stereocenters. The smallest absolute Gasteiger partial charge is 0.258 e. The summed E-state index contributed by atoms with van der Waals surface area (Å²) < 4.78 is 34.7. The number of amides is 1. The Labute approximate surface area is 165 Å². The predicted octanol–water partition coefficient (Wildman–Crippen LogP) is 3.28. The monoisotopic (exact) mass is 401 g/mol. The molecule has 148 valence electrons. The van der Waals surface area contributed by atoms with Crippen LogP contribution >= 0.6 is 0 Å². The van der Waals surface area contributed by atoms with Crippen LogP contribution in [0.25, 0.3) is 0 Å². The molecule has 1 atom stereocenters. The normalized spacial score (nSPS) is 17.4. The minimum absolute atomic E-state index is 0.168. The van der Waals surface area contributed by atoms with Crippen LogP contribution in [0.1, 0.15) is 21.5 Å². The number of hydrogen-bond donors (Lipinski definition) is 0. The quantitative estimate of drug-likeness (QED) is 0.769. The van der Waals surface area contributed by atoms with Crippen molar-refractivity contribution in [2.75, 3.05) is 24.9 Å². The number of methoxy groups -OCH3 is 2. The van der Waals surface area contributed by atoms with E-state index in [1.54, 1.807) is 43.5 Å². The lowest BCUT2D eigenvalue weighted by Gasteiger charge is -2.29. The third-order valence-electron chi connectivity index (χ3n) is 4.58. The van der Waals surface area contributed by atoms with E-state index in [0.29, 0.717) is 22.7 Å². The molecule has 7 heteroatoms. The van der Waals surface area contributed by atoms with Crippen molar-refractivity contribution >= 4 is 21.4 Å². The van der Waals surface area contributed by atoms with Crippen molar-refractivity contribution in [3.63, 3.8) is 0 Å². The molecule has 0 spiro atoms. The van der Waals surface area contributed by atoms with E-state index in [-0.39, 0.29) is 11.7 Å². The molecule has 0 radical (unpaired) electrons. The highest BCUT2D eigenvalue weighted by Gasteiger charge is 2.33. The average molecular weight is 401 g/mol. The third-order valence-corrected chi connectivity index (χ3v) is 5.95. The van der Waals surface area contributed by atoms with E-state index in [0.717, 1.165) is 16.5 Å². The fraction of sp³-hybridized carbons (Fsp3) is 0.286. The van der Waals surface area contributed by atoms with Gasteiger partial charge in [0.25, 0.3) is 5.91 Å². The molecule has 1 aliphatic rings. The Morgan fingerprint density at radius 1 is 1.04 bits per heavy atom. The zero-order valence-electron chi connectivity index (χ0n) is 16.3. The molecule has 1 amide bonds. The van der Waals surface area contributed by atoms with Crippen LogP contribution in [0, 0.1) is 13.8 Å². The molecule has 2 aromatic carbocycles. The molecular weight excluding hydrogens is 378 g/mol. The Hall–Kier alpha value is -2.80. The van der Waals surface area contributed by atoms with Gasteiger partial charge in [0, 0.05) is 17.0 Å². The second kappa shape index (κ2) is 7.67. The van der Waals surface area contributed by atoms with Gasteiger partial charge in [-0.25, -0.2) is 8.42 Å². The van der Waals surface area contributed by atoms with Crippen molar-refractivity contribution in [2.24, 2.45) is 0 Å². The largest absolute Gasteiger partial charge is 0.497 e. The molecular formula is C21H23NO5S. The number of aryl methyl sites for hydroxylation is 2. The lowest BCUT2D eigenvalue weighted by molar-refractivity contribution is 0.0982. The molecule has 1 heterocycles. The maximum Gasteiger partial charge on any atom is 0.258 e. The standard InChI is InChI=1S/C21H23NO5S/c1-14-9-15(2)11-16(10-14)21(23)22(17-7-8-28(24,25)13-17)19-6-5-18(26-3)12-20(19)27-4/h5-12,17H,13H2,1-4H3. The van der Waals surface area contributed by atoms with Crippen LogP contribution in [-0.2, 0) is 9.84 Å². The van der Waals surface area contributed by atoms with Crippen LogP contribution in [0.4, 0.5) is 5.69 Å². The fourth-order valence-corrected chi connectivity index (χ4v) is 4.65. The SMILES string of the molecule is COc1ccc(N(C(=O)c2cc(C)cc(C)c2)C2C=CS(=O)(=O)C2)c(OC)c1. The van der Waals surface area contributed by atoms with Gasteiger partial charge < -0.3 is 9.47 Å². The zero-order chi connectivity index (χ0) is 20.5. The van der Waals surface area contributed by atoms with E-state index in [4.69, 9.17) is 9.47 Å². The molecule has 0 fully saturated rings. The first kappa shape index (κ1) is 19.9. The van der Waals surface area contributed by atoms with Crippen molar-refractivity contribution in [1.82, 2.24) is 0 Å². The minimum Gasteiger partial charge on any atom is -0.497 e. The molecule has 2 aromatic rings. The Balaban J connectivity index is 2.13. The van der Waals surface area contributed by atoms with Crippen molar-refractivity contribution in [2.45, 2.75) is 19.9 Å². The van der Waals surface area contributed by atoms with Gasteiger partial charge in [0.1, 0.15) is 11.5 Å². The van der Waals surface area contributed by atoms with E-state index in [2.05, 4.69) is 0 Å². The van der Waals surface area contributed by atoms with Crippen LogP contribution in [0.15, 0.2) is 47.9 Å². The number of rotatable bonds is 5. The highest BCUT2D eigenvalue weighted by molar-refractivity contribution is 7.94. The highest BCUT2D eigenvalue weighted by atomic mass is 32.2. The van der Waals surface area contributed by atoms with Gasteiger partial charge in [-0.2, -0.15) is 0 Å². The van der Waals surface area contributed by atoms with Crippen LogP contribution in [0.2, 0.25) is 0 Å². The van der Waals surface area contributed by atoms with Crippen molar-refractivity contribution in [1.29, 1.82) is 0 Å². The Kier molecular flexibility index (Phi) is 5.47. The first-order chi connectivity index (χ1) is 13.2. The Bertz CT molecular complexity index is 1020. The van der Waals surface area contributed by atoms with Gasteiger partial charge in [0.15, 0.2) is 9.84 Å². The van der Waals surface area contributed by atoms with Gasteiger partial charge in [-0.3, -0.25) is 9.69 Å². The summed E-state index contributed by atoms with van der Waals surface area (Å²) in [6.45, 7) is 3.84. The number of carbonyl (C=O) groups excluding carboxylic acids is 1. The topological polar surface area (TPSA) is 72.9 Å². The summed E-state index contributed by atoms with van der Waals surface area (Å²) in [6.07, 6.45) is 1.54. The van der Waals surface area contributed by atoms with E-state index in [9.17, 15) is 13.2 Å². The fourth-order valence-electron chi connectivity index (χ4n) is 3.38. The van der Waals surface area contributed by atoms with Gasteiger partial charge >= 0.3 is 0 Å². The Morgan fingerprint density at radius 2 is 1.71 bits per heavy atom. The molecule has 3 rings (SSSR count). The second-order valence-corrected chi connectivity index (χ2v) is 8.75. The summed E-state index contributed by atoms with van der Waals surface area (Å²) in [5.41, 5.74) is 2.89. The number of benzene rings is 2. The lowest BCUT2D eigenvalue weighted by atomic mass is 10.0. The summed E-state index contributed by atoms with van der Waals surface area (Å²) in [7, 11) is -0.313. The number of nitrogens with zero attached hydrogens (tertiary/aromatic N) is 1. The maximum absolute atomic E-state index is 13.5. The predicted molar refractivity (Wildman–Crippen MR) is 109 cm³/mol. The van der Waals surface area contributed by atoms with E-state index in [1.807, 2.05) is 19.9 Å². The van der Waals surface area contributed by atoms with Crippen LogP contribution in [0.5, 0.6) is 11.5 Å². The summed E-state index contributed by atoms with van der Waals surface area (Å²) >= 11 is 0. The van der Waals surface area contributed by atoms with E-state index in [1.165, 1.54) is 12.0 Å². The summed E-state index contributed by atoms with van der Waals surface area (Å²) in [5, 5.41) is 1.16. The van der Waals surface area contributed by atoms with E-state index >= 15 is 0 Å².